The van der Waals surface area contributed by atoms with E-state index in [9.17, 15) is 4.79 Å². The molecule has 0 radical (unpaired) electrons. The van der Waals surface area contributed by atoms with Crippen LogP contribution in [-0.4, -0.2) is 35.5 Å². The third-order valence-corrected chi connectivity index (χ3v) is 4.87. The summed E-state index contributed by atoms with van der Waals surface area (Å²) in [6, 6.07) is 5.72. The summed E-state index contributed by atoms with van der Waals surface area (Å²) in [5.74, 6) is 3.21. The number of hydrogen-bond acceptors (Lipinski definition) is 6. The quantitative estimate of drug-likeness (QED) is 0.704. The Balaban J connectivity index is 1.45. The minimum Gasteiger partial charge on any atom is -0.467 e. The molecule has 2 aromatic rings. The summed E-state index contributed by atoms with van der Waals surface area (Å²) in [6.07, 6.45) is 8.04. The standard InChI is InChI=1S/C20H29N5O2/c1-2-9-21-18-12-19(24-15-23-18)25-10-3-5-16(14-25)7-8-20(26)22-13-17-6-4-11-27-17/h4,6,11-12,15-16H,2-3,5,7-10,13-14H2,1H3,(H,22,26)(H,21,23,24)/t16-/m0/s1. The molecule has 0 spiro atoms. The van der Waals surface area contributed by atoms with E-state index in [-0.39, 0.29) is 5.91 Å². The lowest BCUT2D eigenvalue weighted by Gasteiger charge is -2.33. The van der Waals surface area contributed by atoms with Crippen LogP contribution in [0.5, 0.6) is 0 Å². The average Bonchev–Trinajstić information content (AvgIpc) is 3.23. The molecule has 1 aliphatic heterocycles. The Morgan fingerprint density at radius 3 is 3.15 bits per heavy atom. The highest BCUT2D eigenvalue weighted by atomic mass is 16.3. The molecule has 2 N–H and O–H groups in total. The summed E-state index contributed by atoms with van der Waals surface area (Å²) >= 11 is 0. The van der Waals surface area contributed by atoms with Crippen molar-refractivity contribution in [3.8, 4) is 0 Å². The Morgan fingerprint density at radius 1 is 1.41 bits per heavy atom. The molecule has 1 saturated heterocycles. The fourth-order valence-electron chi connectivity index (χ4n) is 3.40. The summed E-state index contributed by atoms with van der Waals surface area (Å²) in [7, 11) is 0. The van der Waals surface area contributed by atoms with Crippen molar-refractivity contribution in [2.45, 2.75) is 45.6 Å². The molecule has 1 atom stereocenters. The first-order valence-electron chi connectivity index (χ1n) is 9.84. The molecule has 3 heterocycles. The number of piperidine rings is 1. The van der Waals surface area contributed by atoms with Gasteiger partial charge in [0.2, 0.25) is 5.91 Å². The highest BCUT2D eigenvalue weighted by Gasteiger charge is 2.22. The molecule has 1 fully saturated rings. The van der Waals surface area contributed by atoms with Crippen LogP contribution in [0.1, 0.15) is 44.8 Å². The normalized spacial score (nSPS) is 16.9. The van der Waals surface area contributed by atoms with Crippen LogP contribution in [0.4, 0.5) is 11.6 Å². The van der Waals surface area contributed by atoms with Gasteiger partial charge >= 0.3 is 0 Å². The van der Waals surface area contributed by atoms with Crippen LogP contribution >= 0.6 is 0 Å². The van der Waals surface area contributed by atoms with Crippen LogP contribution in [0, 0.1) is 5.92 Å². The van der Waals surface area contributed by atoms with Crippen LogP contribution in [0.25, 0.3) is 0 Å². The molecule has 0 saturated carbocycles. The molecular formula is C20H29N5O2. The van der Waals surface area contributed by atoms with Gasteiger partial charge in [-0.05, 0) is 43.7 Å². The molecular weight excluding hydrogens is 342 g/mol. The molecule has 7 nitrogen and oxygen atoms in total. The molecule has 1 amide bonds. The zero-order chi connectivity index (χ0) is 18.9. The van der Waals surface area contributed by atoms with Gasteiger partial charge in [-0.25, -0.2) is 9.97 Å². The molecule has 2 aromatic heterocycles. The van der Waals surface area contributed by atoms with Crippen LogP contribution in [0.3, 0.4) is 0 Å². The number of rotatable bonds is 9. The zero-order valence-corrected chi connectivity index (χ0v) is 16.0. The van der Waals surface area contributed by atoms with Gasteiger partial charge in [-0.1, -0.05) is 6.92 Å². The molecule has 0 bridgehead atoms. The van der Waals surface area contributed by atoms with E-state index in [0.717, 1.165) is 62.7 Å². The largest absolute Gasteiger partial charge is 0.467 e. The van der Waals surface area contributed by atoms with Crippen molar-refractivity contribution in [1.29, 1.82) is 0 Å². The van der Waals surface area contributed by atoms with Gasteiger partial charge < -0.3 is 20.0 Å². The monoisotopic (exact) mass is 371 g/mol. The second-order valence-corrected chi connectivity index (χ2v) is 7.04. The molecule has 146 valence electrons. The number of aromatic nitrogens is 2. The third-order valence-electron chi connectivity index (χ3n) is 4.87. The molecule has 7 heteroatoms. The van der Waals surface area contributed by atoms with E-state index in [1.54, 1.807) is 12.6 Å². The fourth-order valence-corrected chi connectivity index (χ4v) is 3.40. The van der Waals surface area contributed by atoms with Gasteiger partial charge in [-0.15, -0.1) is 0 Å². The first kappa shape index (κ1) is 19.2. The minimum atomic E-state index is 0.0802. The summed E-state index contributed by atoms with van der Waals surface area (Å²) in [4.78, 5) is 23.1. The Morgan fingerprint density at radius 2 is 2.33 bits per heavy atom. The lowest BCUT2D eigenvalue weighted by molar-refractivity contribution is -0.121. The van der Waals surface area contributed by atoms with E-state index in [1.807, 2.05) is 18.2 Å². The lowest BCUT2D eigenvalue weighted by Crippen LogP contribution is -2.36. The highest BCUT2D eigenvalue weighted by Crippen LogP contribution is 2.25. The average molecular weight is 371 g/mol. The maximum atomic E-state index is 12.1. The summed E-state index contributed by atoms with van der Waals surface area (Å²) < 4.78 is 5.24. The molecule has 1 aliphatic rings. The third kappa shape index (κ3) is 5.98. The second kappa shape index (κ2) is 9.94. The number of nitrogens with zero attached hydrogens (tertiary/aromatic N) is 3. The maximum Gasteiger partial charge on any atom is 0.220 e. The van der Waals surface area contributed by atoms with Crippen LogP contribution < -0.4 is 15.5 Å². The first-order chi connectivity index (χ1) is 13.2. The van der Waals surface area contributed by atoms with E-state index in [2.05, 4.69) is 32.4 Å². The van der Waals surface area contributed by atoms with Crippen molar-refractivity contribution >= 4 is 17.5 Å². The van der Waals surface area contributed by atoms with Crippen molar-refractivity contribution in [2.24, 2.45) is 5.92 Å². The van der Waals surface area contributed by atoms with E-state index < -0.39 is 0 Å². The summed E-state index contributed by atoms with van der Waals surface area (Å²) in [5.41, 5.74) is 0. The number of carbonyl (C=O) groups is 1. The minimum absolute atomic E-state index is 0.0802. The van der Waals surface area contributed by atoms with E-state index in [0.29, 0.717) is 18.9 Å². The molecule has 27 heavy (non-hydrogen) atoms. The fraction of sp³-hybridized carbons (Fsp3) is 0.550. The number of amides is 1. The molecule has 0 unspecified atom stereocenters. The van der Waals surface area contributed by atoms with Crippen LogP contribution in [-0.2, 0) is 11.3 Å². The van der Waals surface area contributed by atoms with Gasteiger partial charge in [0.1, 0.15) is 23.7 Å². The van der Waals surface area contributed by atoms with Crippen LogP contribution in [0.15, 0.2) is 35.2 Å². The Labute approximate surface area is 160 Å². The summed E-state index contributed by atoms with van der Waals surface area (Å²) in [6.45, 7) is 5.44. The van der Waals surface area contributed by atoms with Gasteiger partial charge in [0.05, 0.1) is 12.8 Å². The number of anilines is 2. The predicted molar refractivity (Wildman–Crippen MR) is 106 cm³/mol. The number of nitrogens with one attached hydrogen (secondary N) is 2. The highest BCUT2D eigenvalue weighted by molar-refractivity contribution is 5.75. The number of carbonyl (C=O) groups excluding carboxylic acids is 1. The van der Waals surface area contributed by atoms with Gasteiger partial charge in [0.25, 0.3) is 0 Å². The first-order valence-corrected chi connectivity index (χ1v) is 9.84. The van der Waals surface area contributed by atoms with Crippen molar-refractivity contribution in [3.05, 3.63) is 36.5 Å². The Hall–Kier alpha value is -2.57. The topological polar surface area (TPSA) is 83.3 Å². The van der Waals surface area contributed by atoms with Gasteiger partial charge in [-0.3, -0.25) is 4.79 Å². The molecule has 3 rings (SSSR count). The number of hydrogen-bond donors (Lipinski definition) is 2. The molecule has 0 aromatic carbocycles. The lowest BCUT2D eigenvalue weighted by atomic mass is 9.93. The predicted octanol–water partition coefficient (Wildman–Crippen LogP) is 3.20. The Bertz CT molecular complexity index is 704. The zero-order valence-electron chi connectivity index (χ0n) is 16.0. The number of furan rings is 1. The SMILES string of the molecule is CCCNc1cc(N2CCC[C@@H](CCC(=O)NCc3ccco3)C2)ncn1. The second-order valence-electron chi connectivity index (χ2n) is 7.04. The van der Waals surface area contributed by atoms with E-state index in [4.69, 9.17) is 4.42 Å². The van der Waals surface area contributed by atoms with Crippen molar-refractivity contribution < 1.29 is 9.21 Å². The van der Waals surface area contributed by atoms with E-state index >= 15 is 0 Å². The smallest absolute Gasteiger partial charge is 0.220 e. The van der Waals surface area contributed by atoms with Crippen LogP contribution in [0.2, 0.25) is 0 Å². The summed E-state index contributed by atoms with van der Waals surface area (Å²) in [5, 5.41) is 6.23. The van der Waals surface area contributed by atoms with Crippen molar-refractivity contribution in [1.82, 2.24) is 15.3 Å². The van der Waals surface area contributed by atoms with E-state index in [1.165, 1.54) is 0 Å². The van der Waals surface area contributed by atoms with Gasteiger partial charge in [0.15, 0.2) is 0 Å². The maximum absolute atomic E-state index is 12.1. The van der Waals surface area contributed by atoms with Crippen molar-refractivity contribution in [3.63, 3.8) is 0 Å². The van der Waals surface area contributed by atoms with Gasteiger partial charge in [0, 0.05) is 32.1 Å². The van der Waals surface area contributed by atoms with Crippen molar-refractivity contribution in [2.75, 3.05) is 29.9 Å². The van der Waals surface area contributed by atoms with Gasteiger partial charge in [-0.2, -0.15) is 0 Å². The molecule has 0 aliphatic carbocycles. The Kier molecular flexibility index (Phi) is 7.07.